The first-order valence-corrected chi connectivity index (χ1v) is 27.4. The maximum Gasteiger partial charge on any atom is 0.305 e. The molecule has 0 radical (unpaired) electrons. The van der Waals surface area contributed by atoms with E-state index in [2.05, 4.69) is 62.5 Å². The van der Waals surface area contributed by atoms with Crippen molar-refractivity contribution in [1.29, 1.82) is 0 Å². The summed E-state index contributed by atoms with van der Waals surface area (Å²) >= 11 is 0. The monoisotopic (exact) mass is 1180 g/mol. The average molecular weight is 1180 g/mol. The highest BCUT2D eigenvalue weighted by molar-refractivity contribution is 5.99. The fourth-order valence-corrected chi connectivity index (χ4v) is 9.77. The number of halogens is 2. The highest BCUT2D eigenvalue weighted by atomic mass is 19.1. The molecule has 5 heterocycles. The fraction of sp³-hybridized carbons (Fsp3) is 0.305. The van der Waals surface area contributed by atoms with E-state index in [9.17, 15) is 66.9 Å². The molecule has 9 rings (SSSR count). The SMILES string of the molecule is NC(=O)[C@@H]1Cc2ccc(cc2)CNC(=O)CCCCC(=O)NCC(=O)N[C@@H](Cc2c[nH]c3ccc(F)cc23)C(=O)N[C@@H](Cc2c[nH]c3ccc(F)cc23)C(=O)N[C@@H](CC(=O)O)C(=O)N[C@@H](Cc2cnc[nH]2)C(=O)N[C@@H](Cc2ccc(O)cc2)C(=O)N1. The van der Waals surface area contributed by atoms with Gasteiger partial charge in [0, 0.05) is 97.6 Å². The quantitative estimate of drug-likeness (QED) is 0.0807. The molecule has 6 atom stereocenters. The largest absolute Gasteiger partial charge is 0.508 e. The van der Waals surface area contributed by atoms with E-state index in [-0.39, 0.29) is 79.8 Å². The number of carboxylic acids is 1. The van der Waals surface area contributed by atoms with Crippen LogP contribution >= 0.6 is 0 Å². The van der Waals surface area contributed by atoms with Gasteiger partial charge in [0.1, 0.15) is 53.6 Å². The third-order valence-corrected chi connectivity index (χ3v) is 14.3. The number of nitrogens with zero attached hydrogens (tertiary/aromatic N) is 1. The van der Waals surface area contributed by atoms with Crippen molar-refractivity contribution in [3.8, 4) is 5.75 Å². The summed E-state index contributed by atoms with van der Waals surface area (Å²) < 4.78 is 29.4. The van der Waals surface area contributed by atoms with Crippen molar-refractivity contribution in [3.63, 3.8) is 0 Å². The number of nitrogens with one attached hydrogen (secondary N) is 11. The van der Waals surface area contributed by atoms with E-state index in [0.29, 0.717) is 45.1 Å². The molecule has 2 aliphatic rings. The highest BCUT2D eigenvalue weighted by Gasteiger charge is 2.36. The minimum absolute atomic E-state index is 0.0583. The van der Waals surface area contributed by atoms with Gasteiger partial charge in [-0.15, -0.1) is 0 Å². The maximum absolute atomic E-state index is 14.8. The standard InChI is InChI=1S/C59H63F2N13O12/c60-36-11-15-42-40(21-36)34(26-64-42)19-46-56(83)72-47(20-35-27-65-43-16-12-37(61)22-41(35)43)57(84)74-49(24-53(79)80)59(86)73-48(23-38-28-63-30-68-38)58(85)71-45(18-32-9-13-39(75)14-10-32)55(82)70-44(54(62)81)17-31-5-7-33(8-6-31)25-66-50(76)3-1-2-4-51(77)67-29-52(78)69-46/h5-16,21-22,26-28,30,44-49,64-65,75H,1-4,17-20,23-25,29H2,(H2,62,81)(H,63,68)(H,66,76)(H,67,77)(H,69,78)(H,70,82)(H,71,85)(H,72,83)(H,73,86)(H,74,84)(H,79,80)/t44-,45-,46-,47-,48-,49-/m0/s1. The molecule has 25 nitrogen and oxygen atoms in total. The number of phenolic OH excluding ortho intramolecular Hbond substituents is 1. The summed E-state index contributed by atoms with van der Waals surface area (Å²) in [6.45, 7) is -0.504. The first kappa shape index (κ1) is 61.6. The fourth-order valence-electron chi connectivity index (χ4n) is 9.77. The molecule has 0 unspecified atom stereocenters. The second-order valence-electron chi connectivity index (χ2n) is 20.8. The second-order valence-corrected chi connectivity index (χ2v) is 20.8. The molecule has 0 spiro atoms. The molecule has 0 saturated carbocycles. The van der Waals surface area contributed by atoms with E-state index < -0.39 is 120 Å². The molecule has 4 aromatic carbocycles. The number of amides is 9. The number of primary amides is 1. The summed E-state index contributed by atoms with van der Waals surface area (Å²) in [6, 6.07) is 10.2. The lowest BCUT2D eigenvalue weighted by Gasteiger charge is -2.27. The van der Waals surface area contributed by atoms with Crippen LogP contribution in [0.2, 0.25) is 0 Å². The molecular weight excluding hydrogens is 1120 g/mol. The number of phenols is 1. The Morgan fingerprint density at radius 1 is 0.547 bits per heavy atom. The molecule has 450 valence electrons. The average Bonchev–Trinajstić information content (AvgIpc) is 4.27. The van der Waals surface area contributed by atoms with Crippen LogP contribution in [0.25, 0.3) is 21.8 Å². The number of carbonyl (C=O) groups excluding carboxylic acids is 9. The van der Waals surface area contributed by atoms with Crippen molar-refractivity contribution < 1.29 is 66.9 Å². The number of H-pyrrole nitrogens is 3. The number of benzene rings is 4. The number of aromatic nitrogens is 4. The van der Waals surface area contributed by atoms with Gasteiger partial charge in [0.15, 0.2) is 0 Å². The maximum atomic E-state index is 14.8. The van der Waals surface area contributed by atoms with Crippen LogP contribution in [0.3, 0.4) is 0 Å². The number of imidazole rings is 1. The Morgan fingerprint density at radius 2 is 1.03 bits per heavy atom. The van der Waals surface area contributed by atoms with E-state index in [1.54, 1.807) is 24.3 Å². The van der Waals surface area contributed by atoms with Crippen LogP contribution < -0.4 is 48.3 Å². The van der Waals surface area contributed by atoms with Crippen molar-refractivity contribution in [3.05, 3.63) is 155 Å². The number of aromatic amines is 3. The molecule has 86 heavy (non-hydrogen) atoms. The Bertz CT molecular complexity index is 3630. The minimum Gasteiger partial charge on any atom is -0.508 e. The zero-order valence-electron chi connectivity index (χ0n) is 46.1. The first-order valence-electron chi connectivity index (χ1n) is 27.4. The Hall–Kier alpha value is -10.5. The van der Waals surface area contributed by atoms with Gasteiger partial charge >= 0.3 is 5.97 Å². The molecule has 0 fully saturated rings. The highest BCUT2D eigenvalue weighted by Crippen LogP contribution is 2.24. The van der Waals surface area contributed by atoms with E-state index in [1.165, 1.54) is 85.6 Å². The van der Waals surface area contributed by atoms with E-state index in [1.807, 2.05) is 0 Å². The van der Waals surface area contributed by atoms with Crippen LogP contribution in [0.4, 0.5) is 8.78 Å². The third-order valence-electron chi connectivity index (χ3n) is 14.3. The zero-order chi connectivity index (χ0) is 61.4. The number of carboxylic acid groups (broad SMARTS) is 1. The van der Waals surface area contributed by atoms with Gasteiger partial charge in [0.05, 0.1) is 19.3 Å². The predicted octanol–water partition coefficient (Wildman–Crippen LogP) is 1.04. The summed E-state index contributed by atoms with van der Waals surface area (Å²) in [7, 11) is 0. The Kier molecular flexibility index (Phi) is 20.5. The van der Waals surface area contributed by atoms with Gasteiger partial charge in [-0.1, -0.05) is 36.4 Å². The first-order chi connectivity index (χ1) is 41.2. The predicted molar refractivity (Wildman–Crippen MR) is 305 cm³/mol. The third kappa shape index (κ3) is 17.3. The Morgan fingerprint density at radius 3 is 1.57 bits per heavy atom. The molecule has 7 aromatic rings. The molecule has 15 N–H and O–H groups in total. The van der Waals surface area contributed by atoms with Crippen LogP contribution in [-0.4, -0.2) is 132 Å². The molecule has 0 aliphatic carbocycles. The summed E-state index contributed by atoms with van der Waals surface area (Å²) in [5.74, 6) is -11.0. The van der Waals surface area contributed by atoms with Gasteiger partial charge in [0.25, 0.3) is 0 Å². The van der Waals surface area contributed by atoms with Gasteiger partial charge in [0.2, 0.25) is 53.2 Å². The molecule has 9 amide bonds. The van der Waals surface area contributed by atoms with E-state index in [0.717, 1.165) is 0 Å². The number of carbonyl (C=O) groups is 10. The number of rotatable bonds is 11. The summed E-state index contributed by atoms with van der Waals surface area (Å²) in [5.41, 5.74) is 9.23. The molecule has 2 aliphatic heterocycles. The molecular formula is C59H63F2N13O12. The van der Waals surface area contributed by atoms with Crippen molar-refractivity contribution in [2.75, 3.05) is 6.54 Å². The lowest BCUT2D eigenvalue weighted by atomic mass is 10.0. The number of aromatic hydroxyl groups is 1. The summed E-state index contributed by atoms with van der Waals surface area (Å²) in [6.07, 6.45) is 3.46. The smallest absolute Gasteiger partial charge is 0.305 e. The van der Waals surface area contributed by atoms with Crippen molar-refractivity contribution in [1.82, 2.24) is 62.5 Å². The van der Waals surface area contributed by atoms with Crippen molar-refractivity contribution in [2.45, 2.75) is 107 Å². The Labute approximate surface area is 488 Å². The van der Waals surface area contributed by atoms with E-state index >= 15 is 0 Å². The normalized spacial score (nSPS) is 20.6. The van der Waals surface area contributed by atoms with Gasteiger partial charge in [-0.2, -0.15) is 0 Å². The minimum atomic E-state index is -2.01. The van der Waals surface area contributed by atoms with Crippen LogP contribution in [0.1, 0.15) is 65.6 Å². The van der Waals surface area contributed by atoms with Gasteiger partial charge in [-0.05, 0) is 89.2 Å². The second kappa shape index (κ2) is 28.7. The lowest BCUT2D eigenvalue weighted by Crippen LogP contribution is -2.61. The number of aliphatic carboxylic acids is 1. The number of nitrogens with two attached hydrogens (primary N) is 1. The van der Waals surface area contributed by atoms with Crippen molar-refractivity contribution >= 4 is 80.9 Å². The van der Waals surface area contributed by atoms with Crippen LogP contribution in [0.5, 0.6) is 5.75 Å². The van der Waals surface area contributed by atoms with Gasteiger partial charge in [-0.25, -0.2) is 13.8 Å². The van der Waals surface area contributed by atoms with Crippen molar-refractivity contribution in [2.24, 2.45) is 5.73 Å². The summed E-state index contributed by atoms with van der Waals surface area (Å²) in [4.78, 5) is 151. The molecule has 0 saturated heterocycles. The molecule has 27 heteroatoms. The number of fused-ring (bicyclic) bond motifs is 32. The van der Waals surface area contributed by atoms with Gasteiger partial charge in [-0.3, -0.25) is 47.9 Å². The van der Waals surface area contributed by atoms with Crippen LogP contribution in [0.15, 0.2) is 110 Å². The zero-order valence-corrected chi connectivity index (χ0v) is 46.1. The summed E-state index contributed by atoms with van der Waals surface area (Å²) in [5, 5.41) is 41.4. The number of hydrogen-bond acceptors (Lipinski definition) is 12. The lowest BCUT2D eigenvalue weighted by molar-refractivity contribution is -0.141. The van der Waals surface area contributed by atoms with Crippen LogP contribution in [-0.2, 0) is 86.6 Å². The van der Waals surface area contributed by atoms with Crippen LogP contribution in [0, 0.1) is 11.6 Å². The van der Waals surface area contributed by atoms with Gasteiger partial charge < -0.3 is 73.4 Å². The number of hydrogen-bond donors (Lipinski definition) is 14. The molecule has 2 bridgehead atoms. The van der Waals surface area contributed by atoms with E-state index in [4.69, 9.17) is 5.73 Å². The Balaban J connectivity index is 1.13. The molecule has 3 aromatic heterocycles. The topological polar surface area (TPSA) is 394 Å².